The minimum Gasteiger partial charge on any atom is -0.384 e. The zero-order valence-electron chi connectivity index (χ0n) is 8.69. The summed E-state index contributed by atoms with van der Waals surface area (Å²) in [5.74, 6) is 2.87. The number of alkyl halides is 1. The number of halogens is 1. The Labute approximate surface area is 86.8 Å². The Balaban J connectivity index is 4.53. The molecule has 2 atom stereocenters. The van der Waals surface area contributed by atoms with Crippen LogP contribution < -0.4 is 0 Å². The molecule has 0 aromatic rings. The predicted octanol–water partition coefficient (Wildman–Crippen LogP) is 2.41. The van der Waals surface area contributed by atoms with Crippen LogP contribution in [0.3, 0.4) is 0 Å². The second-order valence-electron chi connectivity index (χ2n) is 4.31. The molecule has 0 aromatic heterocycles. The van der Waals surface area contributed by atoms with Gasteiger partial charge in [0.1, 0.15) is 19.1 Å². The van der Waals surface area contributed by atoms with E-state index in [1.165, 1.54) is 6.08 Å². The molecule has 0 rings (SSSR count). The monoisotopic (exact) mass is 216 g/mol. The van der Waals surface area contributed by atoms with Crippen molar-refractivity contribution in [1.29, 1.82) is 0 Å². The van der Waals surface area contributed by atoms with Crippen LogP contribution >= 0.6 is 11.6 Å². The lowest BCUT2D eigenvalue weighted by Gasteiger charge is -2.20. The molecule has 1 N–H and O–H groups in total. The SMILES string of the molecule is C=CC(C)(O)C(Cl)C#C[Si](C)(C)C. The van der Waals surface area contributed by atoms with E-state index in [4.69, 9.17) is 11.6 Å². The Morgan fingerprint density at radius 2 is 2.00 bits per heavy atom. The molecule has 2 unspecified atom stereocenters. The molecule has 74 valence electrons. The summed E-state index contributed by atoms with van der Waals surface area (Å²) in [6.45, 7) is 11.5. The maximum atomic E-state index is 9.65. The van der Waals surface area contributed by atoms with Gasteiger partial charge in [-0.1, -0.05) is 31.6 Å². The molecular weight excluding hydrogens is 200 g/mol. The quantitative estimate of drug-likeness (QED) is 0.325. The zero-order valence-corrected chi connectivity index (χ0v) is 10.4. The molecule has 3 heteroatoms. The Morgan fingerprint density at radius 1 is 1.54 bits per heavy atom. The Morgan fingerprint density at radius 3 is 2.31 bits per heavy atom. The second kappa shape index (κ2) is 4.32. The van der Waals surface area contributed by atoms with Gasteiger partial charge in [-0.2, -0.15) is 0 Å². The number of rotatable bonds is 2. The summed E-state index contributed by atoms with van der Waals surface area (Å²) in [6.07, 6.45) is 1.42. The maximum Gasteiger partial charge on any atom is 0.129 e. The highest BCUT2D eigenvalue weighted by molar-refractivity contribution is 6.83. The first-order valence-electron chi connectivity index (χ1n) is 4.22. The van der Waals surface area contributed by atoms with Crippen molar-refractivity contribution in [2.75, 3.05) is 0 Å². The number of aliphatic hydroxyl groups is 1. The van der Waals surface area contributed by atoms with E-state index in [0.29, 0.717) is 0 Å². The molecule has 0 fully saturated rings. The van der Waals surface area contributed by atoms with E-state index in [1.54, 1.807) is 6.92 Å². The van der Waals surface area contributed by atoms with Gasteiger partial charge in [-0.15, -0.1) is 23.7 Å². The molecule has 0 aliphatic carbocycles. The van der Waals surface area contributed by atoms with Crippen LogP contribution in [0, 0.1) is 11.5 Å². The third-order valence-electron chi connectivity index (χ3n) is 1.50. The van der Waals surface area contributed by atoms with Crippen molar-refractivity contribution < 1.29 is 5.11 Å². The van der Waals surface area contributed by atoms with Gasteiger partial charge < -0.3 is 5.11 Å². The summed E-state index contributed by atoms with van der Waals surface area (Å²) < 4.78 is 0. The highest BCUT2D eigenvalue weighted by atomic mass is 35.5. The highest BCUT2D eigenvalue weighted by Gasteiger charge is 2.25. The van der Waals surface area contributed by atoms with Crippen molar-refractivity contribution in [3.05, 3.63) is 12.7 Å². The summed E-state index contributed by atoms with van der Waals surface area (Å²) in [6, 6.07) is 0. The molecule has 0 bridgehead atoms. The molecular formula is C10H17ClOSi. The van der Waals surface area contributed by atoms with E-state index in [1.807, 2.05) is 0 Å². The standard InChI is InChI=1S/C10H17ClOSi/c1-6-10(2,12)9(11)7-8-13(3,4)5/h6,9,12H,1H2,2-5H3. The van der Waals surface area contributed by atoms with Crippen LogP contribution in [0.2, 0.25) is 19.6 Å². The van der Waals surface area contributed by atoms with E-state index in [-0.39, 0.29) is 0 Å². The molecule has 0 aromatic carbocycles. The van der Waals surface area contributed by atoms with Gasteiger partial charge in [-0.25, -0.2) is 0 Å². The van der Waals surface area contributed by atoms with Crippen molar-refractivity contribution >= 4 is 19.7 Å². The van der Waals surface area contributed by atoms with Crippen LogP contribution in [0.1, 0.15) is 6.92 Å². The average molecular weight is 217 g/mol. The molecule has 13 heavy (non-hydrogen) atoms. The van der Waals surface area contributed by atoms with Crippen molar-refractivity contribution in [2.45, 2.75) is 37.5 Å². The molecule has 0 aliphatic rings. The Kier molecular flexibility index (Phi) is 4.24. The van der Waals surface area contributed by atoms with Crippen molar-refractivity contribution in [3.63, 3.8) is 0 Å². The molecule has 0 saturated heterocycles. The van der Waals surface area contributed by atoms with E-state index in [0.717, 1.165) is 0 Å². The lowest BCUT2D eigenvalue weighted by atomic mass is 10.0. The largest absolute Gasteiger partial charge is 0.384 e. The van der Waals surface area contributed by atoms with Gasteiger partial charge >= 0.3 is 0 Å². The van der Waals surface area contributed by atoms with E-state index < -0.39 is 19.1 Å². The fourth-order valence-electron chi connectivity index (χ4n) is 0.529. The fraction of sp³-hybridized carbons (Fsp3) is 0.600. The van der Waals surface area contributed by atoms with Crippen molar-refractivity contribution in [1.82, 2.24) is 0 Å². The first-order chi connectivity index (χ1) is 5.69. The molecule has 0 heterocycles. The van der Waals surface area contributed by atoms with Crippen LogP contribution in [0.4, 0.5) is 0 Å². The highest BCUT2D eigenvalue weighted by Crippen LogP contribution is 2.16. The lowest BCUT2D eigenvalue weighted by molar-refractivity contribution is 0.121. The van der Waals surface area contributed by atoms with Crippen LogP contribution in [0.25, 0.3) is 0 Å². The average Bonchev–Trinajstić information content (AvgIpc) is 1.98. The summed E-state index contributed by atoms with van der Waals surface area (Å²) in [4.78, 5) is 0. The molecule has 1 nitrogen and oxygen atoms in total. The van der Waals surface area contributed by atoms with Crippen LogP contribution in [-0.4, -0.2) is 24.2 Å². The number of hydrogen-bond donors (Lipinski definition) is 1. The van der Waals surface area contributed by atoms with E-state index >= 15 is 0 Å². The minimum atomic E-state index is -1.40. The Bertz CT molecular complexity index is 242. The van der Waals surface area contributed by atoms with Gasteiger partial charge in [-0.05, 0) is 6.92 Å². The van der Waals surface area contributed by atoms with Gasteiger partial charge in [0, 0.05) is 0 Å². The predicted molar refractivity (Wildman–Crippen MR) is 61.6 cm³/mol. The molecule has 0 aliphatic heterocycles. The maximum absolute atomic E-state index is 9.65. The molecule has 0 saturated carbocycles. The first-order valence-corrected chi connectivity index (χ1v) is 8.15. The zero-order chi connectivity index (χ0) is 10.7. The van der Waals surface area contributed by atoms with Gasteiger partial charge in [-0.3, -0.25) is 0 Å². The van der Waals surface area contributed by atoms with Gasteiger partial charge in [0.15, 0.2) is 0 Å². The first kappa shape index (κ1) is 12.8. The summed E-state index contributed by atoms with van der Waals surface area (Å²) >= 11 is 5.91. The third kappa shape index (κ3) is 5.15. The summed E-state index contributed by atoms with van der Waals surface area (Å²) in [5, 5.41) is 9.08. The number of hydrogen-bond acceptors (Lipinski definition) is 1. The Hall–Kier alpha value is -0.233. The minimum absolute atomic E-state index is 0.572. The lowest BCUT2D eigenvalue weighted by Crippen LogP contribution is -2.32. The molecule has 0 amide bonds. The van der Waals surface area contributed by atoms with Crippen molar-refractivity contribution in [2.24, 2.45) is 0 Å². The molecule has 0 radical (unpaired) electrons. The third-order valence-corrected chi connectivity index (χ3v) is 2.95. The van der Waals surface area contributed by atoms with E-state index in [2.05, 4.69) is 37.7 Å². The van der Waals surface area contributed by atoms with Crippen LogP contribution in [0.5, 0.6) is 0 Å². The molecule has 0 spiro atoms. The summed E-state index contributed by atoms with van der Waals surface area (Å²) in [5.41, 5.74) is 2.01. The van der Waals surface area contributed by atoms with Gasteiger partial charge in [0.25, 0.3) is 0 Å². The van der Waals surface area contributed by atoms with Crippen LogP contribution in [0.15, 0.2) is 12.7 Å². The smallest absolute Gasteiger partial charge is 0.129 e. The summed E-state index contributed by atoms with van der Waals surface area (Å²) in [7, 11) is -1.40. The van der Waals surface area contributed by atoms with Crippen LogP contribution in [-0.2, 0) is 0 Å². The van der Waals surface area contributed by atoms with Crippen molar-refractivity contribution in [3.8, 4) is 11.5 Å². The topological polar surface area (TPSA) is 20.2 Å². The van der Waals surface area contributed by atoms with Gasteiger partial charge in [0.2, 0.25) is 0 Å². The second-order valence-corrected chi connectivity index (χ2v) is 9.50. The fourth-order valence-corrected chi connectivity index (χ4v) is 1.34. The van der Waals surface area contributed by atoms with E-state index in [9.17, 15) is 5.11 Å². The van der Waals surface area contributed by atoms with Gasteiger partial charge in [0.05, 0.1) is 0 Å². The normalized spacial score (nSPS) is 18.0.